The van der Waals surface area contributed by atoms with Gasteiger partial charge in [0.25, 0.3) is 0 Å². The normalized spacial score (nSPS) is 15.7. The molecule has 0 fully saturated rings. The van der Waals surface area contributed by atoms with Gasteiger partial charge < -0.3 is 15.0 Å². The Kier molecular flexibility index (Phi) is 7.02. The van der Waals surface area contributed by atoms with Crippen LogP contribution in [0.3, 0.4) is 0 Å². The topological polar surface area (TPSA) is 113 Å². The van der Waals surface area contributed by atoms with Gasteiger partial charge in [0.2, 0.25) is 11.8 Å². The highest BCUT2D eigenvalue weighted by Crippen LogP contribution is 2.43. The fourth-order valence-electron chi connectivity index (χ4n) is 4.00. The molecule has 0 saturated heterocycles. The Bertz CT molecular complexity index is 1240. The highest BCUT2D eigenvalue weighted by atomic mass is 32.2. The molecule has 1 heterocycles. The Labute approximate surface area is 199 Å². The van der Waals surface area contributed by atoms with Crippen molar-refractivity contribution < 1.29 is 27.5 Å². The number of hydrogen-bond acceptors (Lipinski definition) is 6. The molecule has 1 N–H and O–H groups in total. The maximum absolute atomic E-state index is 12.9. The number of sulfone groups is 1. The lowest BCUT2D eigenvalue weighted by atomic mass is 9.98. The van der Waals surface area contributed by atoms with Gasteiger partial charge >= 0.3 is 6.09 Å². The van der Waals surface area contributed by atoms with Crippen molar-refractivity contribution in [2.45, 2.75) is 51.7 Å². The molecule has 1 aliphatic heterocycles. The average Bonchev–Trinajstić information content (AvgIpc) is 2.71. The molecule has 0 bridgehead atoms. The third-order valence-corrected chi connectivity index (χ3v) is 6.48. The Morgan fingerprint density at radius 3 is 2.18 bits per heavy atom. The number of carbonyl (C=O) groups is 3. The lowest BCUT2D eigenvalue weighted by molar-refractivity contribution is -0.117. The molecule has 0 spiro atoms. The van der Waals surface area contributed by atoms with Gasteiger partial charge in [0.1, 0.15) is 0 Å². The number of nitrogens with one attached hydrogen (secondary N) is 1. The van der Waals surface area contributed by atoms with E-state index in [1.165, 1.54) is 30.9 Å². The molecule has 2 aromatic carbocycles. The van der Waals surface area contributed by atoms with E-state index in [0.29, 0.717) is 28.2 Å². The quantitative estimate of drug-likeness (QED) is 0.701. The highest BCUT2D eigenvalue weighted by Gasteiger charge is 2.35. The summed E-state index contributed by atoms with van der Waals surface area (Å²) in [6.45, 7) is 8.37. The van der Waals surface area contributed by atoms with Crippen LogP contribution in [-0.4, -0.2) is 51.3 Å². The summed E-state index contributed by atoms with van der Waals surface area (Å²) in [7, 11) is -3.38. The fraction of sp³-hybridized carbons (Fsp3) is 0.375. The Morgan fingerprint density at radius 1 is 1.06 bits per heavy atom. The van der Waals surface area contributed by atoms with E-state index < -0.39 is 15.9 Å². The Balaban J connectivity index is 2.25. The molecule has 3 amide bonds. The van der Waals surface area contributed by atoms with Gasteiger partial charge in [0, 0.05) is 32.2 Å². The van der Waals surface area contributed by atoms with Crippen molar-refractivity contribution in [1.29, 1.82) is 0 Å². The van der Waals surface area contributed by atoms with Gasteiger partial charge in [0.15, 0.2) is 9.84 Å². The zero-order chi connectivity index (χ0) is 25.4. The van der Waals surface area contributed by atoms with Gasteiger partial charge in [-0.1, -0.05) is 12.1 Å². The van der Waals surface area contributed by atoms with Crippen molar-refractivity contribution in [1.82, 2.24) is 0 Å². The first kappa shape index (κ1) is 25.2. The molecular weight excluding hydrogens is 458 g/mol. The molecule has 0 aliphatic carbocycles. The minimum Gasteiger partial charge on any atom is -0.446 e. The van der Waals surface area contributed by atoms with Gasteiger partial charge in [-0.3, -0.25) is 14.5 Å². The number of nitrogens with zero attached hydrogens (tertiary/aromatic N) is 2. The van der Waals surface area contributed by atoms with Crippen molar-refractivity contribution in [2.24, 2.45) is 0 Å². The first-order valence-electron chi connectivity index (χ1n) is 10.8. The summed E-state index contributed by atoms with van der Waals surface area (Å²) in [4.78, 5) is 40.6. The number of carbonyl (C=O) groups excluding carboxylic acids is 3. The van der Waals surface area contributed by atoms with Gasteiger partial charge in [-0.05, 0) is 50.6 Å². The van der Waals surface area contributed by atoms with Gasteiger partial charge in [0.05, 0.1) is 34.1 Å². The second kappa shape index (κ2) is 9.46. The predicted octanol–water partition coefficient (Wildman–Crippen LogP) is 3.82. The van der Waals surface area contributed by atoms with E-state index in [4.69, 9.17) is 4.74 Å². The monoisotopic (exact) mass is 487 g/mol. The van der Waals surface area contributed by atoms with E-state index in [2.05, 4.69) is 5.32 Å². The van der Waals surface area contributed by atoms with E-state index in [9.17, 15) is 22.8 Å². The van der Waals surface area contributed by atoms with Crippen molar-refractivity contribution in [2.75, 3.05) is 27.9 Å². The molecule has 0 saturated carbocycles. The summed E-state index contributed by atoms with van der Waals surface area (Å²) in [6.07, 6.45) is 0.245. The van der Waals surface area contributed by atoms with Gasteiger partial charge in [-0.25, -0.2) is 13.2 Å². The number of amides is 3. The van der Waals surface area contributed by atoms with Crippen LogP contribution >= 0.6 is 0 Å². The molecule has 0 radical (unpaired) electrons. The zero-order valence-electron chi connectivity index (χ0n) is 20.1. The maximum atomic E-state index is 12.9. The molecule has 0 unspecified atom stereocenters. The van der Waals surface area contributed by atoms with E-state index >= 15 is 0 Å². The largest absolute Gasteiger partial charge is 0.446 e. The van der Waals surface area contributed by atoms with E-state index in [1.54, 1.807) is 43.0 Å². The van der Waals surface area contributed by atoms with Crippen LogP contribution in [0.5, 0.6) is 0 Å². The number of benzene rings is 2. The summed E-state index contributed by atoms with van der Waals surface area (Å²) in [6, 6.07) is 9.27. The number of hydrogen-bond donors (Lipinski definition) is 1. The van der Waals surface area contributed by atoms with Crippen LogP contribution in [0.2, 0.25) is 0 Å². The summed E-state index contributed by atoms with van der Waals surface area (Å²) in [5.41, 5.74) is 2.54. The molecule has 9 nitrogen and oxygen atoms in total. The summed E-state index contributed by atoms with van der Waals surface area (Å²) in [5.74, 6) is -0.520. The van der Waals surface area contributed by atoms with Crippen LogP contribution < -0.4 is 15.1 Å². The molecular formula is C24H29N3O6S. The SMILES string of the molecule is CC(=O)Nc1cc2c(cc1-c1ccc(S(C)(=O)=O)cc1)N(C(=O)OC(C)C)C[C@H](C)N2C(C)=O. The summed E-state index contributed by atoms with van der Waals surface area (Å²) >= 11 is 0. The number of fused-ring (bicyclic) bond motifs is 1. The molecule has 1 aliphatic rings. The van der Waals surface area contributed by atoms with E-state index in [0.717, 1.165) is 6.26 Å². The minimum absolute atomic E-state index is 0.161. The fourth-order valence-corrected chi connectivity index (χ4v) is 4.63. The van der Waals surface area contributed by atoms with Crippen molar-refractivity contribution in [3.05, 3.63) is 36.4 Å². The van der Waals surface area contributed by atoms with Crippen molar-refractivity contribution >= 4 is 44.8 Å². The van der Waals surface area contributed by atoms with Gasteiger partial charge in [-0.2, -0.15) is 0 Å². The highest BCUT2D eigenvalue weighted by molar-refractivity contribution is 7.90. The first-order chi connectivity index (χ1) is 15.8. The minimum atomic E-state index is -3.38. The van der Waals surface area contributed by atoms with Crippen molar-refractivity contribution in [3.63, 3.8) is 0 Å². The molecule has 3 rings (SSSR count). The number of ether oxygens (including phenoxy) is 1. The Hall–Kier alpha value is -3.40. The van der Waals surface area contributed by atoms with Crippen LogP contribution in [0.1, 0.15) is 34.6 Å². The second-order valence-corrected chi connectivity index (χ2v) is 10.7. The lowest BCUT2D eigenvalue weighted by Gasteiger charge is -2.41. The molecule has 182 valence electrons. The number of anilines is 3. The summed E-state index contributed by atoms with van der Waals surface area (Å²) in [5, 5.41) is 2.79. The van der Waals surface area contributed by atoms with Crippen LogP contribution in [0, 0.1) is 0 Å². The van der Waals surface area contributed by atoms with Crippen LogP contribution in [0.25, 0.3) is 11.1 Å². The molecule has 0 aromatic heterocycles. The van der Waals surface area contributed by atoms with Crippen LogP contribution in [0.15, 0.2) is 41.3 Å². The summed E-state index contributed by atoms with van der Waals surface area (Å²) < 4.78 is 29.2. The third kappa shape index (κ3) is 5.22. The van der Waals surface area contributed by atoms with Crippen LogP contribution in [-0.2, 0) is 24.2 Å². The third-order valence-electron chi connectivity index (χ3n) is 5.35. The lowest BCUT2D eigenvalue weighted by Crippen LogP contribution is -2.51. The van der Waals surface area contributed by atoms with Crippen LogP contribution in [0.4, 0.5) is 21.9 Å². The van der Waals surface area contributed by atoms with E-state index in [-0.39, 0.29) is 35.4 Å². The Morgan fingerprint density at radius 2 is 1.68 bits per heavy atom. The predicted molar refractivity (Wildman–Crippen MR) is 131 cm³/mol. The molecule has 34 heavy (non-hydrogen) atoms. The average molecular weight is 488 g/mol. The standard InChI is InChI=1S/C24H29N3O6S/c1-14(2)33-24(30)26-13-15(3)27(17(5)29)23-12-21(25-16(4)28)20(11-22(23)26)18-7-9-19(10-8-18)34(6,31)32/h7-12,14-15H,13H2,1-6H3,(H,25,28)/t15-/m0/s1. The molecule has 2 aromatic rings. The first-order valence-corrected chi connectivity index (χ1v) is 12.7. The van der Waals surface area contributed by atoms with Crippen molar-refractivity contribution in [3.8, 4) is 11.1 Å². The molecule has 10 heteroatoms. The zero-order valence-corrected chi connectivity index (χ0v) is 20.9. The maximum Gasteiger partial charge on any atom is 0.414 e. The molecule has 1 atom stereocenters. The van der Waals surface area contributed by atoms with Gasteiger partial charge in [-0.15, -0.1) is 0 Å². The van der Waals surface area contributed by atoms with E-state index in [1.807, 2.05) is 6.92 Å². The smallest absolute Gasteiger partial charge is 0.414 e. The second-order valence-electron chi connectivity index (χ2n) is 8.65. The number of rotatable bonds is 4.